The van der Waals surface area contributed by atoms with Gasteiger partial charge in [0, 0.05) is 17.3 Å². The number of fused-ring (bicyclic) bond motifs is 1. The van der Waals surface area contributed by atoms with Crippen LogP contribution in [0.25, 0.3) is 11.5 Å². The molecule has 25 heavy (non-hydrogen) atoms. The van der Waals surface area contributed by atoms with Crippen LogP contribution in [0.3, 0.4) is 0 Å². The summed E-state index contributed by atoms with van der Waals surface area (Å²) < 4.78 is 16.0. The molecule has 0 saturated carbocycles. The summed E-state index contributed by atoms with van der Waals surface area (Å²) in [4.78, 5) is 12.8. The Kier molecular flexibility index (Phi) is 3.93. The number of hydrogen-bond donors (Lipinski definition) is 1. The third-order valence-corrected chi connectivity index (χ3v) is 3.79. The van der Waals surface area contributed by atoms with Gasteiger partial charge in [0.05, 0.1) is 6.54 Å². The van der Waals surface area contributed by atoms with Gasteiger partial charge in [0.15, 0.2) is 17.3 Å². The van der Waals surface area contributed by atoms with Gasteiger partial charge in [0.2, 0.25) is 6.79 Å². The predicted molar refractivity (Wildman–Crippen MR) is 89.3 cm³/mol. The van der Waals surface area contributed by atoms with Crippen molar-refractivity contribution in [1.29, 1.82) is 0 Å². The molecule has 3 aromatic rings. The quantitative estimate of drug-likeness (QED) is 0.758. The van der Waals surface area contributed by atoms with E-state index in [4.69, 9.17) is 14.0 Å². The average molecular weight is 339 g/mol. The smallest absolute Gasteiger partial charge is 0.258 e. The lowest BCUT2D eigenvalue weighted by Crippen LogP contribution is -2.04. The van der Waals surface area contributed by atoms with E-state index in [1.54, 1.807) is 6.33 Å². The molecule has 0 unspecified atom stereocenters. The zero-order chi connectivity index (χ0) is 17.2. The molecule has 0 saturated heterocycles. The standard InChI is InChI=1S/C17H17N5O3/c1-10(2)12-6-15(20-8-19-12)18-7-16-21-17(25-22-16)11-3-4-13-14(5-11)24-9-23-13/h3-6,8,10H,7,9H2,1-2H3,(H,18,19,20). The van der Waals surface area contributed by atoms with Gasteiger partial charge >= 0.3 is 0 Å². The molecule has 8 nitrogen and oxygen atoms in total. The van der Waals surface area contributed by atoms with Crippen molar-refractivity contribution in [3.63, 3.8) is 0 Å². The lowest BCUT2D eigenvalue weighted by Gasteiger charge is -2.06. The highest BCUT2D eigenvalue weighted by atomic mass is 16.7. The van der Waals surface area contributed by atoms with Crippen molar-refractivity contribution in [2.75, 3.05) is 12.1 Å². The molecule has 0 amide bonds. The van der Waals surface area contributed by atoms with Crippen molar-refractivity contribution in [3.8, 4) is 23.0 Å². The molecule has 0 spiro atoms. The molecule has 1 aliphatic rings. The van der Waals surface area contributed by atoms with E-state index in [-0.39, 0.29) is 6.79 Å². The van der Waals surface area contributed by atoms with Crippen molar-refractivity contribution >= 4 is 5.82 Å². The molecular weight excluding hydrogens is 322 g/mol. The average Bonchev–Trinajstić information content (AvgIpc) is 3.28. The van der Waals surface area contributed by atoms with Crippen molar-refractivity contribution < 1.29 is 14.0 Å². The molecule has 2 aromatic heterocycles. The van der Waals surface area contributed by atoms with Crippen LogP contribution in [0.5, 0.6) is 11.5 Å². The van der Waals surface area contributed by atoms with Crippen molar-refractivity contribution in [1.82, 2.24) is 20.1 Å². The maximum absolute atomic E-state index is 5.36. The van der Waals surface area contributed by atoms with Crippen LogP contribution in [-0.2, 0) is 6.54 Å². The molecule has 0 bridgehead atoms. The number of nitrogens with one attached hydrogen (secondary N) is 1. The maximum atomic E-state index is 5.36. The van der Waals surface area contributed by atoms with E-state index in [0.717, 1.165) is 22.8 Å². The SMILES string of the molecule is CC(C)c1cc(NCc2noc(-c3ccc4c(c3)OCO4)n2)ncn1. The van der Waals surface area contributed by atoms with Crippen LogP contribution < -0.4 is 14.8 Å². The molecule has 128 valence electrons. The summed E-state index contributed by atoms with van der Waals surface area (Å²) >= 11 is 0. The molecule has 0 aliphatic carbocycles. The van der Waals surface area contributed by atoms with Crippen LogP contribution in [0.1, 0.15) is 31.3 Å². The fourth-order valence-corrected chi connectivity index (χ4v) is 2.43. The Morgan fingerprint density at radius 3 is 2.88 bits per heavy atom. The van der Waals surface area contributed by atoms with Crippen LogP contribution in [-0.4, -0.2) is 26.9 Å². The molecular formula is C17H17N5O3. The number of ether oxygens (including phenoxy) is 2. The monoisotopic (exact) mass is 339 g/mol. The van der Waals surface area contributed by atoms with Crippen LogP contribution in [0, 0.1) is 0 Å². The fourth-order valence-electron chi connectivity index (χ4n) is 2.43. The zero-order valence-corrected chi connectivity index (χ0v) is 13.9. The maximum Gasteiger partial charge on any atom is 0.258 e. The third-order valence-electron chi connectivity index (χ3n) is 3.79. The minimum atomic E-state index is 0.231. The van der Waals surface area contributed by atoms with Gasteiger partial charge in [0.25, 0.3) is 5.89 Å². The van der Waals surface area contributed by atoms with E-state index < -0.39 is 0 Å². The number of nitrogens with zero attached hydrogens (tertiary/aromatic N) is 4. The van der Waals surface area contributed by atoms with E-state index in [0.29, 0.717) is 29.9 Å². The normalized spacial score (nSPS) is 12.6. The summed E-state index contributed by atoms with van der Waals surface area (Å²) in [6.45, 7) is 4.81. The minimum Gasteiger partial charge on any atom is -0.454 e. The first-order valence-corrected chi connectivity index (χ1v) is 7.97. The molecule has 1 aromatic carbocycles. The summed E-state index contributed by atoms with van der Waals surface area (Å²) in [5.74, 6) is 3.44. The Bertz CT molecular complexity index is 893. The highest BCUT2D eigenvalue weighted by Crippen LogP contribution is 2.35. The summed E-state index contributed by atoms with van der Waals surface area (Å²) in [5, 5.41) is 7.18. The zero-order valence-electron chi connectivity index (χ0n) is 13.9. The van der Waals surface area contributed by atoms with Gasteiger partial charge in [-0.25, -0.2) is 9.97 Å². The van der Waals surface area contributed by atoms with E-state index in [9.17, 15) is 0 Å². The first-order valence-electron chi connectivity index (χ1n) is 7.97. The topological polar surface area (TPSA) is 95.2 Å². The summed E-state index contributed by atoms with van der Waals surface area (Å²) in [5.41, 5.74) is 1.76. The van der Waals surface area contributed by atoms with Gasteiger partial charge in [-0.2, -0.15) is 4.98 Å². The van der Waals surface area contributed by atoms with Gasteiger partial charge in [-0.3, -0.25) is 0 Å². The van der Waals surface area contributed by atoms with Crippen LogP contribution in [0.2, 0.25) is 0 Å². The minimum absolute atomic E-state index is 0.231. The first-order chi connectivity index (χ1) is 12.2. The van der Waals surface area contributed by atoms with E-state index in [1.807, 2.05) is 24.3 Å². The second-order valence-electron chi connectivity index (χ2n) is 5.92. The van der Waals surface area contributed by atoms with Crippen LogP contribution in [0.4, 0.5) is 5.82 Å². The highest BCUT2D eigenvalue weighted by Gasteiger charge is 2.16. The summed E-state index contributed by atoms with van der Waals surface area (Å²) in [6.07, 6.45) is 1.55. The summed E-state index contributed by atoms with van der Waals surface area (Å²) in [6, 6.07) is 7.43. The Morgan fingerprint density at radius 1 is 1.12 bits per heavy atom. The molecule has 8 heteroatoms. The van der Waals surface area contributed by atoms with Crippen molar-refractivity contribution in [2.45, 2.75) is 26.3 Å². The number of benzene rings is 1. The lowest BCUT2D eigenvalue weighted by molar-refractivity contribution is 0.174. The molecule has 0 atom stereocenters. The van der Waals surface area contributed by atoms with Crippen molar-refractivity contribution in [2.24, 2.45) is 0 Å². The van der Waals surface area contributed by atoms with Gasteiger partial charge in [-0.1, -0.05) is 19.0 Å². The Balaban J connectivity index is 1.46. The number of anilines is 1. The second-order valence-corrected chi connectivity index (χ2v) is 5.92. The summed E-state index contributed by atoms with van der Waals surface area (Å²) in [7, 11) is 0. The van der Waals surface area contributed by atoms with E-state index in [2.05, 4.69) is 39.3 Å². The third kappa shape index (κ3) is 3.23. The predicted octanol–water partition coefficient (Wildman–Crippen LogP) is 2.99. The second kappa shape index (κ2) is 6.39. The highest BCUT2D eigenvalue weighted by molar-refractivity contribution is 5.60. The van der Waals surface area contributed by atoms with E-state index in [1.165, 1.54) is 0 Å². The Morgan fingerprint density at radius 2 is 2.00 bits per heavy atom. The van der Waals surface area contributed by atoms with Gasteiger partial charge in [-0.15, -0.1) is 0 Å². The Hall–Kier alpha value is -3.16. The van der Waals surface area contributed by atoms with Crippen molar-refractivity contribution in [3.05, 3.63) is 42.1 Å². The number of rotatable bonds is 5. The molecule has 3 heterocycles. The van der Waals surface area contributed by atoms with Gasteiger partial charge < -0.3 is 19.3 Å². The fraction of sp³-hybridized carbons (Fsp3) is 0.294. The molecule has 0 fully saturated rings. The lowest BCUT2D eigenvalue weighted by atomic mass is 10.1. The molecule has 1 N–H and O–H groups in total. The van der Waals surface area contributed by atoms with Crippen LogP contribution >= 0.6 is 0 Å². The molecule has 1 aliphatic heterocycles. The van der Waals surface area contributed by atoms with Gasteiger partial charge in [-0.05, 0) is 24.1 Å². The Labute approximate surface area is 144 Å². The largest absolute Gasteiger partial charge is 0.454 e. The van der Waals surface area contributed by atoms with Gasteiger partial charge in [0.1, 0.15) is 12.1 Å². The number of hydrogen-bond acceptors (Lipinski definition) is 8. The van der Waals surface area contributed by atoms with E-state index >= 15 is 0 Å². The number of aromatic nitrogens is 4. The van der Waals surface area contributed by atoms with Crippen LogP contribution in [0.15, 0.2) is 35.1 Å². The first kappa shape index (κ1) is 15.4. The molecule has 0 radical (unpaired) electrons. The molecule has 4 rings (SSSR count).